The molecule has 2 aliphatic heterocycles. The van der Waals surface area contributed by atoms with Gasteiger partial charge in [-0.15, -0.1) is 0 Å². The van der Waals surface area contributed by atoms with Crippen LogP contribution in [0.1, 0.15) is 29.9 Å². The summed E-state index contributed by atoms with van der Waals surface area (Å²) in [6, 6.07) is 4.43. The Hall–Kier alpha value is -2.34. The average Bonchev–Trinajstić information content (AvgIpc) is 2.96. The summed E-state index contributed by atoms with van der Waals surface area (Å²) in [5.41, 5.74) is -2.31. The third-order valence-electron chi connectivity index (χ3n) is 4.45. The van der Waals surface area contributed by atoms with Gasteiger partial charge in [0, 0.05) is 23.2 Å². The fourth-order valence-electron chi connectivity index (χ4n) is 2.99. The highest BCUT2D eigenvalue weighted by Gasteiger charge is 2.50. The molecule has 4 rings (SSSR count). The highest BCUT2D eigenvalue weighted by atomic mass is 35.5. The van der Waals surface area contributed by atoms with Gasteiger partial charge in [-0.25, -0.2) is 13.8 Å². The lowest BCUT2D eigenvalue weighted by molar-refractivity contribution is -0.179. The summed E-state index contributed by atoms with van der Waals surface area (Å²) in [6.45, 7) is -1.29. The minimum Gasteiger partial charge on any atom is -0.404 e. The molecule has 14 heteroatoms. The maximum atomic E-state index is 15.3. The van der Waals surface area contributed by atoms with Gasteiger partial charge >= 0.3 is 13.5 Å². The number of phosphoric acid groups is 1. The molecule has 3 heterocycles. The summed E-state index contributed by atoms with van der Waals surface area (Å²) in [5.74, 6) is -2.75. The van der Waals surface area contributed by atoms with Crippen LogP contribution in [0.2, 0.25) is 5.02 Å². The minimum absolute atomic E-state index is 0.111. The SMILES string of the molecule is [2H][C@@]1(n2cc(C=O)c(=O)[nH]c2=O)O[C@](F)(COP2(=O)OCc3cc(Cl)ccc3O2)C[C@H]1O. The smallest absolute Gasteiger partial charge is 0.404 e. The van der Waals surface area contributed by atoms with Gasteiger partial charge in [0.05, 0.1) is 13.5 Å². The lowest BCUT2D eigenvalue weighted by Crippen LogP contribution is -2.37. The number of phosphoric ester groups is 1. The number of aromatic amines is 1. The van der Waals surface area contributed by atoms with Crippen molar-refractivity contribution in [3.63, 3.8) is 0 Å². The van der Waals surface area contributed by atoms with Gasteiger partial charge in [0.25, 0.3) is 5.56 Å². The zero-order valence-corrected chi connectivity index (χ0v) is 17.1. The summed E-state index contributed by atoms with van der Waals surface area (Å²) in [5, 5.41) is 10.7. The largest absolute Gasteiger partial charge is 0.530 e. The number of hydrogen-bond acceptors (Lipinski definition) is 9. The first-order valence-corrected chi connectivity index (χ1v) is 10.6. The second kappa shape index (κ2) is 7.97. The van der Waals surface area contributed by atoms with Crippen LogP contribution in [0.15, 0.2) is 34.0 Å². The number of nitrogens with zero attached hydrogens (tertiary/aromatic N) is 1. The van der Waals surface area contributed by atoms with E-state index >= 15 is 4.39 Å². The predicted octanol–water partition coefficient (Wildman–Crippen LogP) is 1.68. The molecule has 0 radical (unpaired) electrons. The van der Waals surface area contributed by atoms with E-state index in [-0.39, 0.29) is 18.6 Å². The zero-order chi connectivity index (χ0) is 23.3. The number of carbonyl (C=O) groups excluding carboxylic acids is 1. The standard InChI is InChI=1S/C17H15ClFN2O9P/c18-11-1-2-13-9(3-11)7-27-31(26,30-13)28-8-17(19)4-12(23)15(29-17)21-5-10(6-22)14(24)20-16(21)25/h1-3,5-6,12,15,23H,4,7-8H2,(H,20,24,25)/t12-,15-,17+,31?/m1/s1/i15D. The number of halogens is 2. The molecule has 0 saturated carbocycles. The Kier molecular flexibility index (Phi) is 5.29. The van der Waals surface area contributed by atoms with Crippen LogP contribution in [0, 0.1) is 0 Å². The van der Waals surface area contributed by atoms with Gasteiger partial charge in [0.1, 0.15) is 18.5 Å². The van der Waals surface area contributed by atoms with Crippen molar-refractivity contribution in [1.29, 1.82) is 0 Å². The molecule has 166 valence electrons. The van der Waals surface area contributed by atoms with E-state index in [9.17, 15) is 24.1 Å². The van der Waals surface area contributed by atoms with Gasteiger partial charge in [-0.2, -0.15) is 0 Å². The number of aldehydes is 1. The van der Waals surface area contributed by atoms with Crippen molar-refractivity contribution < 1.29 is 38.5 Å². The predicted molar refractivity (Wildman–Crippen MR) is 102 cm³/mol. The van der Waals surface area contributed by atoms with Crippen LogP contribution < -0.4 is 15.8 Å². The Morgan fingerprint density at radius 2 is 2.29 bits per heavy atom. The number of hydrogen-bond donors (Lipinski definition) is 2. The number of alkyl halides is 1. The zero-order valence-electron chi connectivity index (χ0n) is 16.4. The van der Waals surface area contributed by atoms with E-state index in [1.807, 2.05) is 0 Å². The molecule has 1 saturated heterocycles. The van der Waals surface area contributed by atoms with Gasteiger partial charge in [0.2, 0.25) is 5.85 Å². The van der Waals surface area contributed by atoms with Crippen LogP contribution in [0.25, 0.3) is 0 Å². The maximum absolute atomic E-state index is 15.3. The number of H-pyrrole nitrogens is 1. The third-order valence-corrected chi connectivity index (χ3v) is 6.00. The first-order valence-electron chi connectivity index (χ1n) is 9.23. The quantitative estimate of drug-likeness (QED) is 0.485. The van der Waals surface area contributed by atoms with Gasteiger partial charge in [-0.1, -0.05) is 11.6 Å². The van der Waals surface area contributed by atoms with E-state index in [0.29, 0.717) is 21.4 Å². The Morgan fingerprint density at radius 3 is 3.03 bits per heavy atom. The highest BCUT2D eigenvalue weighted by Crippen LogP contribution is 2.55. The minimum atomic E-state index is -4.29. The molecule has 31 heavy (non-hydrogen) atoms. The molecular weight excluding hydrogens is 462 g/mol. The van der Waals surface area contributed by atoms with Gasteiger partial charge < -0.3 is 14.4 Å². The van der Waals surface area contributed by atoms with Crippen molar-refractivity contribution >= 4 is 25.7 Å². The number of rotatable bonds is 5. The van der Waals surface area contributed by atoms with Crippen molar-refractivity contribution in [2.45, 2.75) is 31.2 Å². The number of aliphatic hydroxyl groups excluding tert-OH is 1. The Balaban J connectivity index is 1.53. The molecule has 1 aromatic carbocycles. The molecule has 11 nitrogen and oxygen atoms in total. The molecule has 0 aliphatic carbocycles. The lowest BCUT2D eigenvalue weighted by Gasteiger charge is -2.27. The summed E-state index contributed by atoms with van der Waals surface area (Å²) >= 11 is 5.86. The molecule has 0 spiro atoms. The molecule has 0 amide bonds. The number of fused-ring (bicyclic) bond motifs is 1. The van der Waals surface area contributed by atoms with E-state index in [1.54, 1.807) is 4.98 Å². The van der Waals surface area contributed by atoms with Gasteiger partial charge in [-0.3, -0.25) is 28.2 Å². The molecule has 2 N–H and O–H groups in total. The monoisotopic (exact) mass is 477 g/mol. The summed E-state index contributed by atoms with van der Waals surface area (Å²) in [6.07, 6.45) is -4.79. The Labute approximate surface area is 179 Å². The fourth-order valence-corrected chi connectivity index (χ4v) is 4.43. The first-order chi connectivity index (χ1) is 15.0. The summed E-state index contributed by atoms with van der Waals surface area (Å²) < 4.78 is 56.8. The molecule has 4 atom stereocenters. The Morgan fingerprint density at radius 1 is 1.52 bits per heavy atom. The van der Waals surface area contributed by atoms with Crippen LogP contribution in [0.3, 0.4) is 0 Å². The number of ether oxygens (including phenoxy) is 1. The third kappa shape index (κ3) is 4.36. The van der Waals surface area contributed by atoms with Crippen LogP contribution in [-0.4, -0.2) is 39.5 Å². The Bertz CT molecular complexity index is 1260. The highest BCUT2D eigenvalue weighted by molar-refractivity contribution is 7.49. The molecule has 0 bridgehead atoms. The van der Waals surface area contributed by atoms with Crippen LogP contribution in [0.5, 0.6) is 5.75 Å². The summed E-state index contributed by atoms with van der Waals surface area (Å²) in [4.78, 5) is 36.4. The van der Waals surface area contributed by atoms with Gasteiger partial charge in [0.15, 0.2) is 12.5 Å². The van der Waals surface area contributed by atoms with Gasteiger partial charge in [-0.05, 0) is 18.2 Å². The van der Waals surface area contributed by atoms with Crippen molar-refractivity contribution in [2.24, 2.45) is 0 Å². The molecule has 1 aromatic heterocycles. The van der Waals surface area contributed by atoms with Crippen molar-refractivity contribution in [3.05, 3.63) is 61.4 Å². The van der Waals surface area contributed by atoms with Crippen LogP contribution in [-0.2, 0) is 25.0 Å². The molecule has 2 aromatic rings. The molecule has 1 fully saturated rings. The number of aromatic nitrogens is 2. The van der Waals surface area contributed by atoms with Crippen molar-refractivity contribution in [3.8, 4) is 5.75 Å². The second-order valence-electron chi connectivity index (χ2n) is 6.71. The van der Waals surface area contributed by atoms with E-state index in [1.165, 1.54) is 18.2 Å². The molecule has 1 unspecified atom stereocenters. The van der Waals surface area contributed by atoms with E-state index < -0.39 is 55.8 Å². The van der Waals surface area contributed by atoms with Crippen LogP contribution in [0.4, 0.5) is 4.39 Å². The number of carbonyl (C=O) groups is 1. The molecule has 2 aliphatic rings. The average molecular weight is 478 g/mol. The number of benzene rings is 1. The second-order valence-corrected chi connectivity index (χ2v) is 8.74. The van der Waals surface area contributed by atoms with E-state index in [0.717, 1.165) is 0 Å². The van der Waals surface area contributed by atoms with E-state index in [2.05, 4.69) is 0 Å². The van der Waals surface area contributed by atoms with E-state index in [4.69, 9.17) is 31.3 Å². The van der Waals surface area contributed by atoms with Crippen molar-refractivity contribution in [2.75, 3.05) is 6.61 Å². The summed E-state index contributed by atoms with van der Waals surface area (Å²) in [7, 11) is -4.29. The van der Waals surface area contributed by atoms with Crippen LogP contribution >= 0.6 is 19.4 Å². The number of nitrogens with one attached hydrogen (secondary N) is 1. The fraction of sp³-hybridized carbons (Fsp3) is 0.353. The first kappa shape index (κ1) is 20.6. The topological polar surface area (TPSA) is 146 Å². The maximum Gasteiger partial charge on any atom is 0.530 e. The molecular formula is C17H15ClFN2O9P. The normalized spacial score (nSPS) is 32.7. The lowest BCUT2D eigenvalue weighted by atomic mass is 10.2. The van der Waals surface area contributed by atoms with Crippen molar-refractivity contribution in [1.82, 2.24) is 9.55 Å². The number of aliphatic hydroxyl groups is 1.